The Balaban J connectivity index is 2.69. The smallest absolute Gasteiger partial charge is 0.167 e. The summed E-state index contributed by atoms with van der Waals surface area (Å²) in [4.78, 5) is 12.0. The van der Waals surface area contributed by atoms with Crippen molar-refractivity contribution < 1.29 is 9.18 Å². The number of nitrogens with one attached hydrogen (secondary N) is 1. The first-order valence-corrected chi connectivity index (χ1v) is 5.91. The van der Waals surface area contributed by atoms with E-state index in [4.69, 9.17) is 0 Å². The maximum atomic E-state index is 13.8. The van der Waals surface area contributed by atoms with E-state index in [-0.39, 0.29) is 17.1 Å². The van der Waals surface area contributed by atoms with Crippen molar-refractivity contribution in [3.8, 4) is 0 Å². The van der Waals surface area contributed by atoms with Crippen LogP contribution in [0.1, 0.15) is 36.2 Å². The molecule has 1 heterocycles. The van der Waals surface area contributed by atoms with E-state index in [0.717, 1.165) is 5.56 Å². The van der Waals surface area contributed by atoms with Crippen LogP contribution >= 0.6 is 15.9 Å². The summed E-state index contributed by atoms with van der Waals surface area (Å²) in [6, 6.07) is 1.40. The normalized spacial score (nSPS) is 17.9. The first-order chi connectivity index (χ1) is 7.32. The zero-order valence-electron chi connectivity index (χ0n) is 9.45. The average Bonchev–Trinajstić information content (AvgIpc) is 2.12. The third-order valence-electron chi connectivity index (χ3n) is 2.82. The standard InChI is InChI=1S/C12H13BrFNO/c1-6-7(13)4-8(14)11-10(6)9(16)5-12(2,3)15-11/h4,15H,5H2,1-3H3. The van der Waals surface area contributed by atoms with Gasteiger partial charge in [0.25, 0.3) is 0 Å². The minimum atomic E-state index is -0.384. The van der Waals surface area contributed by atoms with Crippen LogP contribution in [-0.2, 0) is 0 Å². The lowest BCUT2D eigenvalue weighted by molar-refractivity contribution is 0.0957. The molecule has 1 N–H and O–H groups in total. The molecular weight excluding hydrogens is 273 g/mol. The van der Waals surface area contributed by atoms with Crippen molar-refractivity contribution in [1.29, 1.82) is 0 Å². The van der Waals surface area contributed by atoms with Gasteiger partial charge >= 0.3 is 0 Å². The molecule has 0 bridgehead atoms. The summed E-state index contributed by atoms with van der Waals surface area (Å²) >= 11 is 3.26. The highest BCUT2D eigenvalue weighted by Crippen LogP contribution is 2.37. The molecule has 16 heavy (non-hydrogen) atoms. The molecule has 0 radical (unpaired) electrons. The third kappa shape index (κ3) is 1.75. The minimum Gasteiger partial charge on any atom is -0.377 e. The van der Waals surface area contributed by atoms with Crippen LogP contribution in [0, 0.1) is 12.7 Å². The second-order valence-corrected chi connectivity index (χ2v) is 5.68. The third-order valence-corrected chi connectivity index (χ3v) is 3.64. The van der Waals surface area contributed by atoms with Crippen LogP contribution in [0.4, 0.5) is 10.1 Å². The molecule has 2 rings (SSSR count). The Kier molecular flexibility index (Phi) is 2.57. The van der Waals surface area contributed by atoms with E-state index in [1.54, 1.807) is 0 Å². The molecule has 0 saturated carbocycles. The number of rotatable bonds is 0. The fraction of sp³-hybridized carbons (Fsp3) is 0.417. The topological polar surface area (TPSA) is 29.1 Å². The van der Waals surface area contributed by atoms with Gasteiger partial charge in [0.1, 0.15) is 5.82 Å². The number of hydrogen-bond acceptors (Lipinski definition) is 2. The molecule has 86 valence electrons. The summed E-state index contributed by atoms with van der Waals surface area (Å²) in [6.07, 6.45) is 0.386. The maximum absolute atomic E-state index is 13.8. The molecule has 0 unspecified atom stereocenters. The molecular formula is C12H13BrFNO. The van der Waals surface area contributed by atoms with Gasteiger partial charge in [0.15, 0.2) is 5.78 Å². The van der Waals surface area contributed by atoms with Gasteiger partial charge in [-0.25, -0.2) is 4.39 Å². The number of halogens is 2. The molecule has 1 aliphatic heterocycles. The van der Waals surface area contributed by atoms with Gasteiger partial charge in [-0.05, 0) is 32.4 Å². The van der Waals surface area contributed by atoms with Crippen LogP contribution in [0.25, 0.3) is 0 Å². The van der Waals surface area contributed by atoms with Gasteiger partial charge in [-0.2, -0.15) is 0 Å². The van der Waals surface area contributed by atoms with E-state index < -0.39 is 0 Å². The molecule has 0 atom stereocenters. The zero-order valence-corrected chi connectivity index (χ0v) is 11.0. The number of hydrogen-bond donors (Lipinski definition) is 1. The monoisotopic (exact) mass is 285 g/mol. The molecule has 0 aliphatic carbocycles. The van der Waals surface area contributed by atoms with Gasteiger partial charge in [0.05, 0.1) is 5.69 Å². The largest absolute Gasteiger partial charge is 0.377 e. The number of anilines is 1. The highest BCUT2D eigenvalue weighted by molar-refractivity contribution is 9.10. The van der Waals surface area contributed by atoms with Crippen molar-refractivity contribution in [3.05, 3.63) is 27.5 Å². The molecule has 0 saturated heterocycles. The Morgan fingerprint density at radius 1 is 1.50 bits per heavy atom. The maximum Gasteiger partial charge on any atom is 0.167 e. The number of Topliss-reactive ketones (excluding diaryl/α,β-unsaturated/α-hetero) is 1. The predicted octanol–water partition coefficient (Wildman–Crippen LogP) is 3.67. The summed E-state index contributed by atoms with van der Waals surface area (Å²) < 4.78 is 14.4. The van der Waals surface area contributed by atoms with Crippen LogP contribution in [0.3, 0.4) is 0 Å². The van der Waals surface area contributed by atoms with Crippen molar-refractivity contribution in [2.45, 2.75) is 32.7 Å². The molecule has 0 spiro atoms. The molecule has 4 heteroatoms. The highest BCUT2D eigenvalue weighted by Gasteiger charge is 2.33. The van der Waals surface area contributed by atoms with E-state index >= 15 is 0 Å². The Morgan fingerprint density at radius 2 is 2.12 bits per heavy atom. The van der Waals surface area contributed by atoms with Crippen molar-refractivity contribution in [2.75, 3.05) is 5.32 Å². The van der Waals surface area contributed by atoms with Crippen LogP contribution in [0.2, 0.25) is 0 Å². The SMILES string of the molecule is Cc1c(Br)cc(F)c2c1C(=O)CC(C)(C)N2. The lowest BCUT2D eigenvalue weighted by Crippen LogP contribution is -2.39. The lowest BCUT2D eigenvalue weighted by Gasteiger charge is -2.33. The van der Waals surface area contributed by atoms with Crippen LogP contribution in [-0.4, -0.2) is 11.3 Å². The van der Waals surface area contributed by atoms with Gasteiger partial charge in [-0.15, -0.1) is 0 Å². The van der Waals surface area contributed by atoms with Crippen molar-refractivity contribution >= 4 is 27.4 Å². The molecule has 0 aromatic heterocycles. The van der Waals surface area contributed by atoms with Crippen LogP contribution < -0.4 is 5.32 Å². The number of fused-ring (bicyclic) bond motifs is 1. The molecule has 1 aromatic rings. The summed E-state index contributed by atoms with van der Waals surface area (Å²) in [5.41, 5.74) is 1.23. The second kappa shape index (κ2) is 3.55. The van der Waals surface area contributed by atoms with Gasteiger partial charge < -0.3 is 5.32 Å². The van der Waals surface area contributed by atoms with Gasteiger partial charge in [-0.1, -0.05) is 15.9 Å². The summed E-state index contributed by atoms with van der Waals surface area (Å²) in [5, 5.41) is 3.09. The lowest BCUT2D eigenvalue weighted by atomic mass is 9.86. The number of ketones is 1. The van der Waals surface area contributed by atoms with Gasteiger partial charge in [-0.3, -0.25) is 4.79 Å². The molecule has 0 amide bonds. The average molecular weight is 286 g/mol. The fourth-order valence-corrected chi connectivity index (χ4v) is 2.46. The highest BCUT2D eigenvalue weighted by atomic mass is 79.9. The van der Waals surface area contributed by atoms with E-state index in [9.17, 15) is 9.18 Å². The van der Waals surface area contributed by atoms with Crippen LogP contribution in [0.5, 0.6) is 0 Å². The Labute approximate surface area is 102 Å². The quantitative estimate of drug-likeness (QED) is 0.788. The van der Waals surface area contributed by atoms with Crippen LogP contribution in [0.15, 0.2) is 10.5 Å². The number of carbonyl (C=O) groups excluding carboxylic acids is 1. The number of benzene rings is 1. The first kappa shape index (κ1) is 11.6. The Hall–Kier alpha value is -0.900. The minimum absolute atomic E-state index is 0.00329. The predicted molar refractivity (Wildman–Crippen MR) is 65.5 cm³/mol. The summed E-state index contributed by atoms with van der Waals surface area (Å²) in [5.74, 6) is -0.384. The number of carbonyl (C=O) groups is 1. The van der Waals surface area contributed by atoms with Crippen molar-refractivity contribution in [3.63, 3.8) is 0 Å². The summed E-state index contributed by atoms with van der Waals surface area (Å²) in [6.45, 7) is 5.61. The fourth-order valence-electron chi connectivity index (χ4n) is 2.06. The van der Waals surface area contributed by atoms with E-state index in [1.807, 2.05) is 20.8 Å². The Bertz CT molecular complexity index is 482. The summed E-state index contributed by atoms with van der Waals surface area (Å²) in [7, 11) is 0. The Morgan fingerprint density at radius 3 is 2.75 bits per heavy atom. The van der Waals surface area contributed by atoms with Gasteiger partial charge in [0, 0.05) is 22.0 Å². The van der Waals surface area contributed by atoms with E-state index in [2.05, 4.69) is 21.2 Å². The molecule has 1 aromatic carbocycles. The van der Waals surface area contributed by atoms with E-state index in [0.29, 0.717) is 22.1 Å². The molecule has 1 aliphatic rings. The first-order valence-electron chi connectivity index (χ1n) is 5.12. The van der Waals surface area contributed by atoms with Crippen molar-refractivity contribution in [1.82, 2.24) is 0 Å². The molecule has 0 fully saturated rings. The second-order valence-electron chi connectivity index (χ2n) is 4.82. The molecule has 2 nitrogen and oxygen atoms in total. The van der Waals surface area contributed by atoms with Crippen molar-refractivity contribution in [2.24, 2.45) is 0 Å². The zero-order chi connectivity index (χ0) is 12.1. The van der Waals surface area contributed by atoms with Gasteiger partial charge in [0.2, 0.25) is 0 Å². The van der Waals surface area contributed by atoms with E-state index in [1.165, 1.54) is 6.07 Å².